The van der Waals surface area contributed by atoms with Gasteiger partial charge in [0.1, 0.15) is 11.6 Å². The lowest BCUT2D eigenvalue weighted by Crippen LogP contribution is -2.46. The van der Waals surface area contributed by atoms with Gasteiger partial charge in [-0.15, -0.1) is 0 Å². The molecule has 0 spiro atoms. The number of aromatic nitrogens is 2. The number of nitrogens with zero attached hydrogens (tertiary/aromatic N) is 6. The average Bonchev–Trinajstić information content (AvgIpc) is 3.59. The maximum Gasteiger partial charge on any atom is 0.225 e. The van der Waals surface area contributed by atoms with Crippen molar-refractivity contribution in [3.05, 3.63) is 91.9 Å². The van der Waals surface area contributed by atoms with Gasteiger partial charge in [-0.25, -0.2) is 0 Å². The van der Waals surface area contributed by atoms with E-state index in [0.29, 0.717) is 69.5 Å². The molecule has 0 radical (unpaired) electrons. The molecule has 6 heterocycles. The number of fused-ring (bicyclic) bond motifs is 2. The largest absolute Gasteiger partial charge is 0.478 e. The Labute approximate surface area is 385 Å². The zero-order valence-corrected chi connectivity index (χ0v) is 38.2. The summed E-state index contributed by atoms with van der Waals surface area (Å²) in [5.41, 5.74) is 4.20. The maximum absolute atomic E-state index is 11.7. The molecule has 2 fully saturated rings. The van der Waals surface area contributed by atoms with Gasteiger partial charge in [-0.2, -0.15) is 9.97 Å². The quantitative estimate of drug-likeness (QED) is 0.119. The van der Waals surface area contributed by atoms with Crippen molar-refractivity contribution in [3.8, 4) is 11.8 Å². The molecule has 8 rings (SSSR count). The van der Waals surface area contributed by atoms with Gasteiger partial charge in [0.2, 0.25) is 23.6 Å². The number of unbranched alkanes of at least 4 members (excludes halogenated alkanes) is 2. The number of aryl methyl sites for hydroxylation is 2. The normalized spacial score (nSPS) is 17.1. The molecule has 2 N–H and O–H groups in total. The van der Waals surface area contributed by atoms with Crippen LogP contribution in [0.15, 0.2) is 60.7 Å². The predicted molar refractivity (Wildman–Crippen MR) is 251 cm³/mol. The minimum Gasteiger partial charge on any atom is -0.478 e. The first-order chi connectivity index (χ1) is 30.2. The first-order valence-electron chi connectivity index (χ1n) is 21.9. The molecule has 332 valence electrons. The van der Waals surface area contributed by atoms with Gasteiger partial charge in [0.05, 0.1) is 44.7 Å². The monoisotopic (exact) mass is 924 g/mol. The van der Waals surface area contributed by atoms with E-state index in [4.69, 9.17) is 55.9 Å². The Hall–Kier alpha value is -4.04. The minimum atomic E-state index is 0.0288. The first-order valence-corrected chi connectivity index (χ1v) is 23.4. The second-order valence-corrected chi connectivity index (χ2v) is 17.6. The number of halogens is 4. The van der Waals surface area contributed by atoms with E-state index in [1.165, 1.54) is 0 Å². The number of ether oxygens (including phenoxy) is 2. The number of carbonyl (C=O) groups excluding carboxylic acids is 2. The zero-order chi connectivity index (χ0) is 43.3. The van der Waals surface area contributed by atoms with Crippen molar-refractivity contribution in [1.82, 2.24) is 19.8 Å². The molecule has 0 bridgehead atoms. The number of rotatable bonds is 14. The van der Waals surface area contributed by atoms with Crippen LogP contribution in [0, 0.1) is 0 Å². The molecule has 4 aliphatic rings. The Balaban J connectivity index is 0.000000186. The predicted octanol–water partition coefficient (Wildman–Crippen LogP) is 9.29. The summed E-state index contributed by atoms with van der Waals surface area (Å²) in [6, 6.07) is 19.4. The van der Waals surface area contributed by atoms with Crippen molar-refractivity contribution in [2.45, 2.75) is 64.2 Å². The van der Waals surface area contributed by atoms with Crippen LogP contribution >= 0.6 is 46.4 Å². The standard InChI is InChI=1S/2C23H28Cl2N4O2/c2*24-18-6-4-7-19(22(18)25)29-14-12-28(13-15-29)11-1-2-16-31-21-10-9-17-5-3-8-20(30)26-23(17)27-21/h2*4,6-7,9-10H,1-3,5,8,11-16H2,(H,26,27,30). The fraction of sp³-hybridized carbons (Fsp3) is 0.478. The van der Waals surface area contributed by atoms with Gasteiger partial charge >= 0.3 is 0 Å². The third-order valence-corrected chi connectivity index (χ3v) is 13.3. The molecule has 2 amide bonds. The molecule has 2 saturated heterocycles. The Morgan fingerprint density at radius 2 is 0.935 bits per heavy atom. The Morgan fingerprint density at radius 1 is 0.516 bits per heavy atom. The molecule has 0 aliphatic carbocycles. The zero-order valence-electron chi connectivity index (χ0n) is 35.2. The highest BCUT2D eigenvalue weighted by Gasteiger charge is 2.22. The molecule has 2 aromatic carbocycles. The highest BCUT2D eigenvalue weighted by Crippen LogP contribution is 2.34. The smallest absolute Gasteiger partial charge is 0.225 e. The molecule has 4 aliphatic heterocycles. The van der Waals surface area contributed by atoms with Crippen molar-refractivity contribution in [2.24, 2.45) is 0 Å². The molecule has 16 heteroatoms. The Morgan fingerprint density at radius 3 is 1.35 bits per heavy atom. The number of amides is 2. The van der Waals surface area contributed by atoms with Crippen molar-refractivity contribution < 1.29 is 19.1 Å². The summed E-state index contributed by atoms with van der Waals surface area (Å²) in [6.07, 6.45) is 8.63. The highest BCUT2D eigenvalue weighted by atomic mass is 35.5. The lowest BCUT2D eigenvalue weighted by Gasteiger charge is -2.36. The fourth-order valence-corrected chi connectivity index (χ4v) is 8.95. The number of anilines is 4. The van der Waals surface area contributed by atoms with Crippen LogP contribution in [-0.4, -0.2) is 110 Å². The fourth-order valence-electron chi connectivity index (χ4n) is 8.12. The summed E-state index contributed by atoms with van der Waals surface area (Å²) in [6.45, 7) is 11.2. The third kappa shape index (κ3) is 13.0. The van der Waals surface area contributed by atoms with Crippen LogP contribution in [0.3, 0.4) is 0 Å². The summed E-state index contributed by atoms with van der Waals surface area (Å²) >= 11 is 25.0. The molecule has 4 aromatic rings. The molecule has 0 atom stereocenters. The number of benzene rings is 2. The van der Waals surface area contributed by atoms with E-state index >= 15 is 0 Å². The average molecular weight is 927 g/mol. The molecular weight excluding hydrogens is 870 g/mol. The molecule has 2 aromatic heterocycles. The number of pyridine rings is 2. The van der Waals surface area contributed by atoms with Gasteiger partial charge in [-0.1, -0.05) is 58.5 Å². The summed E-state index contributed by atoms with van der Waals surface area (Å²) in [4.78, 5) is 42.0. The van der Waals surface area contributed by atoms with Crippen LogP contribution < -0.4 is 29.9 Å². The molecule has 0 saturated carbocycles. The second kappa shape index (κ2) is 23.1. The van der Waals surface area contributed by atoms with E-state index in [1.807, 2.05) is 60.7 Å². The van der Waals surface area contributed by atoms with E-state index in [-0.39, 0.29) is 11.8 Å². The van der Waals surface area contributed by atoms with Crippen molar-refractivity contribution in [3.63, 3.8) is 0 Å². The minimum absolute atomic E-state index is 0.0288. The molecule has 62 heavy (non-hydrogen) atoms. The number of carbonyl (C=O) groups is 2. The summed E-state index contributed by atoms with van der Waals surface area (Å²) < 4.78 is 11.6. The Kier molecular flexibility index (Phi) is 17.1. The summed E-state index contributed by atoms with van der Waals surface area (Å²) in [7, 11) is 0. The highest BCUT2D eigenvalue weighted by molar-refractivity contribution is 6.44. The van der Waals surface area contributed by atoms with E-state index < -0.39 is 0 Å². The maximum atomic E-state index is 11.7. The van der Waals surface area contributed by atoms with Crippen molar-refractivity contribution in [2.75, 3.05) is 99.1 Å². The second-order valence-electron chi connectivity index (χ2n) is 16.0. The van der Waals surface area contributed by atoms with Gasteiger partial charge in [-0.3, -0.25) is 19.4 Å². The molecule has 0 unspecified atom stereocenters. The number of nitrogens with one attached hydrogen (secondary N) is 2. The van der Waals surface area contributed by atoms with Gasteiger partial charge < -0.3 is 29.9 Å². The van der Waals surface area contributed by atoms with E-state index in [9.17, 15) is 9.59 Å². The summed E-state index contributed by atoms with van der Waals surface area (Å²) in [5.74, 6) is 2.51. The lowest BCUT2D eigenvalue weighted by molar-refractivity contribution is -0.117. The van der Waals surface area contributed by atoms with Gasteiger partial charge in [-0.05, 0) is 112 Å². The van der Waals surface area contributed by atoms with Gasteiger partial charge in [0.25, 0.3) is 0 Å². The van der Waals surface area contributed by atoms with Crippen molar-refractivity contribution in [1.29, 1.82) is 0 Å². The molecular formula is C46H56Cl4N8O4. The van der Waals surface area contributed by atoms with Crippen molar-refractivity contribution >= 4 is 81.2 Å². The van der Waals surface area contributed by atoms with Crippen LogP contribution in [0.2, 0.25) is 20.1 Å². The number of piperazine rings is 2. The SMILES string of the molecule is O=C1CCCc2ccc(OCCCCN3CCN(c4cccc(Cl)c4Cl)CC3)nc2N1.O=C1CCCc2ccc(OCCCCN3CCN(c4cccc(Cl)c4Cl)CC3)nc2N1. The van der Waals surface area contributed by atoms with Gasteiger partial charge in [0.15, 0.2) is 0 Å². The van der Waals surface area contributed by atoms with E-state index in [0.717, 1.165) is 139 Å². The van der Waals surface area contributed by atoms with Crippen LogP contribution in [0.4, 0.5) is 23.0 Å². The number of hydrogen-bond acceptors (Lipinski definition) is 10. The summed E-state index contributed by atoms with van der Waals surface area (Å²) in [5, 5.41) is 8.23. The first kappa shape index (κ1) is 46.0. The van der Waals surface area contributed by atoms with E-state index in [2.05, 4.69) is 40.2 Å². The Bertz CT molecular complexity index is 1980. The van der Waals surface area contributed by atoms with Crippen LogP contribution in [0.5, 0.6) is 11.8 Å². The molecule has 12 nitrogen and oxygen atoms in total. The van der Waals surface area contributed by atoms with Crippen LogP contribution in [-0.2, 0) is 22.4 Å². The van der Waals surface area contributed by atoms with Crippen LogP contribution in [0.1, 0.15) is 62.5 Å². The third-order valence-electron chi connectivity index (χ3n) is 11.6. The van der Waals surface area contributed by atoms with Gasteiger partial charge in [0, 0.05) is 77.3 Å². The van der Waals surface area contributed by atoms with E-state index in [1.54, 1.807) is 0 Å². The lowest BCUT2D eigenvalue weighted by atomic mass is 10.1. The van der Waals surface area contributed by atoms with Crippen LogP contribution in [0.25, 0.3) is 0 Å². The topological polar surface area (TPSA) is 115 Å². The number of hydrogen-bond donors (Lipinski definition) is 2.